The molecule has 0 radical (unpaired) electrons. The van der Waals surface area contributed by atoms with Gasteiger partial charge in [0.15, 0.2) is 0 Å². The van der Waals surface area contributed by atoms with E-state index in [-0.39, 0.29) is 0 Å². The van der Waals surface area contributed by atoms with Gasteiger partial charge in [0.25, 0.3) is 0 Å². The fourth-order valence-electron chi connectivity index (χ4n) is 0.941. The van der Waals surface area contributed by atoms with Crippen LogP contribution < -0.4 is 5.73 Å². The van der Waals surface area contributed by atoms with E-state index in [1.165, 1.54) is 0 Å². The highest BCUT2D eigenvalue weighted by Crippen LogP contribution is 2.11. The van der Waals surface area contributed by atoms with Crippen molar-refractivity contribution in [2.75, 3.05) is 11.6 Å². The molecule has 2 N–H and O–H groups in total. The third kappa shape index (κ3) is 3.07. The molecule has 1 rings (SSSR count). The largest absolute Gasteiger partial charge is 0.397 e. The minimum Gasteiger partial charge on any atom is -0.397 e. The molecule has 0 atom stereocenters. The Kier molecular flexibility index (Phi) is 3.77. The van der Waals surface area contributed by atoms with Crippen LogP contribution in [0.1, 0.15) is 17.7 Å². The zero-order valence-electron chi connectivity index (χ0n) is 7.63. The molecule has 13 heavy (non-hydrogen) atoms. The number of rotatable bonds is 3. The Bertz CT molecular complexity index is 308. The molecule has 1 aromatic heterocycles. The van der Waals surface area contributed by atoms with Crippen molar-refractivity contribution in [3.63, 3.8) is 0 Å². The van der Waals surface area contributed by atoms with Gasteiger partial charge in [0.2, 0.25) is 0 Å². The van der Waals surface area contributed by atoms with Crippen molar-refractivity contribution in [2.24, 2.45) is 0 Å². The molecule has 0 unspecified atom stereocenters. The summed E-state index contributed by atoms with van der Waals surface area (Å²) in [7, 11) is 0. The van der Waals surface area contributed by atoms with Crippen molar-refractivity contribution >= 4 is 23.4 Å². The standard InChI is InChI=1S/C10H13ClN2/c1-8-10(12)6-9(7-13-8)4-2-3-5-11/h2,4,6-7H,3,5,12H2,1H3. The van der Waals surface area contributed by atoms with Crippen LogP contribution in [-0.4, -0.2) is 10.9 Å². The maximum atomic E-state index is 5.70. The van der Waals surface area contributed by atoms with Crippen LogP contribution in [0.15, 0.2) is 18.3 Å². The first-order chi connectivity index (χ1) is 6.24. The zero-order chi connectivity index (χ0) is 9.68. The van der Waals surface area contributed by atoms with Gasteiger partial charge in [0.05, 0.1) is 11.4 Å². The summed E-state index contributed by atoms with van der Waals surface area (Å²) in [5.74, 6) is 0.644. The third-order valence-corrected chi connectivity index (χ3v) is 1.95. The van der Waals surface area contributed by atoms with Gasteiger partial charge in [-0.2, -0.15) is 0 Å². The van der Waals surface area contributed by atoms with Crippen LogP contribution in [0, 0.1) is 6.92 Å². The van der Waals surface area contributed by atoms with Gasteiger partial charge in [0, 0.05) is 12.1 Å². The van der Waals surface area contributed by atoms with Gasteiger partial charge in [-0.1, -0.05) is 12.2 Å². The number of nitrogen functional groups attached to an aromatic ring is 1. The van der Waals surface area contributed by atoms with E-state index in [0.29, 0.717) is 5.88 Å². The molecule has 0 saturated carbocycles. The average molecular weight is 197 g/mol. The maximum Gasteiger partial charge on any atom is 0.0602 e. The topological polar surface area (TPSA) is 38.9 Å². The summed E-state index contributed by atoms with van der Waals surface area (Å²) in [4.78, 5) is 4.15. The Labute approximate surface area is 83.4 Å². The number of alkyl halides is 1. The van der Waals surface area contributed by atoms with Crippen LogP contribution in [0.25, 0.3) is 6.08 Å². The number of halogens is 1. The molecular formula is C10H13ClN2. The number of allylic oxidation sites excluding steroid dienone is 1. The van der Waals surface area contributed by atoms with E-state index >= 15 is 0 Å². The molecule has 1 heterocycles. The van der Waals surface area contributed by atoms with Gasteiger partial charge in [-0.25, -0.2) is 0 Å². The second kappa shape index (κ2) is 4.87. The number of anilines is 1. The number of nitrogens with zero attached hydrogens (tertiary/aromatic N) is 1. The first kappa shape index (κ1) is 10.1. The van der Waals surface area contributed by atoms with Gasteiger partial charge < -0.3 is 5.73 Å². The Morgan fingerprint density at radius 2 is 2.38 bits per heavy atom. The molecule has 70 valence electrons. The predicted molar refractivity (Wildman–Crippen MR) is 57.8 cm³/mol. The molecule has 0 fully saturated rings. The number of aromatic nitrogens is 1. The van der Waals surface area contributed by atoms with Crippen molar-refractivity contribution in [3.8, 4) is 0 Å². The predicted octanol–water partition coefficient (Wildman–Crippen LogP) is 2.61. The molecule has 0 aliphatic carbocycles. The highest BCUT2D eigenvalue weighted by atomic mass is 35.5. The zero-order valence-corrected chi connectivity index (χ0v) is 8.38. The summed E-state index contributed by atoms with van der Waals surface area (Å²) in [5, 5.41) is 0. The number of hydrogen-bond acceptors (Lipinski definition) is 2. The molecule has 0 amide bonds. The van der Waals surface area contributed by atoms with Crippen LogP contribution in [0.5, 0.6) is 0 Å². The Hall–Kier alpha value is -1.02. The van der Waals surface area contributed by atoms with Gasteiger partial charge in [-0.15, -0.1) is 11.6 Å². The van der Waals surface area contributed by atoms with E-state index in [1.54, 1.807) is 6.20 Å². The molecule has 0 saturated heterocycles. The number of hydrogen-bond donors (Lipinski definition) is 1. The highest BCUT2D eigenvalue weighted by Gasteiger charge is 1.94. The summed E-state index contributed by atoms with van der Waals surface area (Å²) in [6.45, 7) is 1.89. The van der Waals surface area contributed by atoms with Crippen LogP contribution >= 0.6 is 11.6 Å². The summed E-state index contributed by atoms with van der Waals surface area (Å²) >= 11 is 5.53. The quantitative estimate of drug-likeness (QED) is 0.755. The van der Waals surface area contributed by atoms with E-state index in [9.17, 15) is 0 Å². The molecule has 0 aliphatic heterocycles. The van der Waals surface area contributed by atoms with Crippen molar-refractivity contribution in [3.05, 3.63) is 29.6 Å². The van der Waals surface area contributed by atoms with Crippen LogP contribution in [-0.2, 0) is 0 Å². The van der Waals surface area contributed by atoms with E-state index < -0.39 is 0 Å². The van der Waals surface area contributed by atoms with E-state index in [4.69, 9.17) is 17.3 Å². The molecule has 0 bridgehead atoms. The Morgan fingerprint density at radius 1 is 1.62 bits per heavy atom. The summed E-state index contributed by atoms with van der Waals surface area (Å²) < 4.78 is 0. The monoisotopic (exact) mass is 196 g/mol. The fraction of sp³-hybridized carbons (Fsp3) is 0.300. The maximum absolute atomic E-state index is 5.70. The van der Waals surface area contributed by atoms with Gasteiger partial charge in [0.1, 0.15) is 0 Å². The van der Waals surface area contributed by atoms with Crippen LogP contribution in [0.3, 0.4) is 0 Å². The van der Waals surface area contributed by atoms with Crippen molar-refractivity contribution in [2.45, 2.75) is 13.3 Å². The van der Waals surface area contributed by atoms with Crippen LogP contribution in [0.4, 0.5) is 5.69 Å². The lowest BCUT2D eigenvalue weighted by atomic mass is 10.2. The molecule has 0 aliphatic rings. The lowest BCUT2D eigenvalue weighted by Crippen LogP contribution is -1.92. The number of aryl methyl sites for hydroxylation is 1. The fourth-order valence-corrected chi connectivity index (χ4v) is 1.07. The minimum absolute atomic E-state index is 0.644. The van der Waals surface area contributed by atoms with Gasteiger partial charge in [-0.05, 0) is 25.0 Å². The second-order valence-corrected chi connectivity index (χ2v) is 3.20. The highest BCUT2D eigenvalue weighted by molar-refractivity contribution is 6.17. The van der Waals surface area contributed by atoms with E-state index in [2.05, 4.69) is 4.98 Å². The van der Waals surface area contributed by atoms with Crippen LogP contribution in [0.2, 0.25) is 0 Å². The molecule has 0 aromatic carbocycles. The third-order valence-electron chi connectivity index (χ3n) is 1.73. The average Bonchev–Trinajstić information content (AvgIpc) is 2.12. The second-order valence-electron chi connectivity index (χ2n) is 2.82. The van der Waals surface area contributed by atoms with Crippen molar-refractivity contribution in [1.29, 1.82) is 0 Å². The van der Waals surface area contributed by atoms with Gasteiger partial charge in [-0.3, -0.25) is 4.98 Å². The smallest absolute Gasteiger partial charge is 0.0602 e. The lowest BCUT2D eigenvalue weighted by Gasteiger charge is -1.99. The molecular weight excluding hydrogens is 184 g/mol. The summed E-state index contributed by atoms with van der Waals surface area (Å²) in [6.07, 6.45) is 6.66. The molecule has 2 nitrogen and oxygen atoms in total. The molecule has 0 spiro atoms. The first-order valence-electron chi connectivity index (χ1n) is 4.18. The van der Waals surface area contributed by atoms with Crippen molar-refractivity contribution in [1.82, 2.24) is 4.98 Å². The summed E-state index contributed by atoms with van der Waals surface area (Å²) in [6, 6.07) is 1.91. The normalized spacial score (nSPS) is 10.9. The Balaban J connectivity index is 2.73. The summed E-state index contributed by atoms with van der Waals surface area (Å²) in [5.41, 5.74) is 8.32. The number of pyridine rings is 1. The minimum atomic E-state index is 0.644. The Morgan fingerprint density at radius 3 is 3.00 bits per heavy atom. The molecule has 3 heteroatoms. The van der Waals surface area contributed by atoms with Crippen molar-refractivity contribution < 1.29 is 0 Å². The first-order valence-corrected chi connectivity index (χ1v) is 4.72. The van der Waals surface area contributed by atoms with E-state index in [0.717, 1.165) is 23.4 Å². The van der Waals surface area contributed by atoms with Gasteiger partial charge >= 0.3 is 0 Å². The molecule has 1 aromatic rings. The SMILES string of the molecule is Cc1ncc(C=CCCCl)cc1N. The van der Waals surface area contributed by atoms with E-state index in [1.807, 2.05) is 25.1 Å². The number of nitrogens with two attached hydrogens (primary N) is 1. The lowest BCUT2D eigenvalue weighted by molar-refractivity contribution is 1.20.